The Labute approximate surface area is 132 Å². The van der Waals surface area contributed by atoms with Crippen LogP contribution in [-0.2, 0) is 4.79 Å². The molecular formula is C17H26N2O3. The van der Waals surface area contributed by atoms with Gasteiger partial charge in [0, 0.05) is 19.1 Å². The summed E-state index contributed by atoms with van der Waals surface area (Å²) >= 11 is 0. The van der Waals surface area contributed by atoms with Crippen molar-refractivity contribution in [2.24, 2.45) is 0 Å². The van der Waals surface area contributed by atoms with Crippen LogP contribution in [0.2, 0.25) is 0 Å². The number of ether oxygens (including phenoxy) is 1. The smallest absolute Gasteiger partial charge is 0.223 e. The standard InChI is InChI=1S/C17H26N2O3/c20-14-15-6-4-5-11-19(15)12-10-18-17(21)9-13-22-16-7-2-1-3-8-16/h1-3,7-8,15,20H,4-6,9-14H2,(H,18,21)/t15-/m1/s1. The number of rotatable bonds is 8. The van der Waals surface area contributed by atoms with Gasteiger partial charge in [-0.2, -0.15) is 0 Å². The molecule has 0 spiro atoms. The molecule has 1 fully saturated rings. The summed E-state index contributed by atoms with van der Waals surface area (Å²) in [5.41, 5.74) is 0. The summed E-state index contributed by atoms with van der Waals surface area (Å²) in [7, 11) is 0. The highest BCUT2D eigenvalue weighted by Crippen LogP contribution is 2.15. The zero-order valence-corrected chi connectivity index (χ0v) is 13.0. The molecule has 1 aromatic rings. The molecule has 0 radical (unpaired) electrons. The molecule has 0 aliphatic carbocycles. The SMILES string of the molecule is O=C(CCOc1ccccc1)NCCN1CCCC[C@@H]1CO. The van der Waals surface area contributed by atoms with Crippen LogP contribution in [0.15, 0.2) is 30.3 Å². The number of hydrogen-bond acceptors (Lipinski definition) is 4. The molecule has 22 heavy (non-hydrogen) atoms. The van der Waals surface area contributed by atoms with Crippen molar-refractivity contribution >= 4 is 5.91 Å². The molecule has 1 atom stereocenters. The number of para-hydroxylation sites is 1. The number of aliphatic hydroxyl groups excluding tert-OH is 1. The van der Waals surface area contributed by atoms with E-state index in [1.54, 1.807) is 0 Å². The van der Waals surface area contributed by atoms with Crippen LogP contribution in [0.5, 0.6) is 5.75 Å². The van der Waals surface area contributed by atoms with E-state index in [0.717, 1.165) is 25.3 Å². The minimum absolute atomic E-state index is 0.00786. The summed E-state index contributed by atoms with van der Waals surface area (Å²) in [6.07, 6.45) is 3.77. The lowest BCUT2D eigenvalue weighted by molar-refractivity contribution is -0.121. The predicted octanol–water partition coefficient (Wildman–Crippen LogP) is 1.42. The van der Waals surface area contributed by atoms with Crippen molar-refractivity contribution in [3.05, 3.63) is 30.3 Å². The van der Waals surface area contributed by atoms with E-state index in [0.29, 0.717) is 19.6 Å². The molecule has 1 aliphatic rings. The van der Waals surface area contributed by atoms with Gasteiger partial charge in [-0.25, -0.2) is 0 Å². The van der Waals surface area contributed by atoms with Crippen molar-refractivity contribution in [1.82, 2.24) is 10.2 Å². The lowest BCUT2D eigenvalue weighted by atomic mass is 10.0. The minimum Gasteiger partial charge on any atom is -0.493 e. The monoisotopic (exact) mass is 306 g/mol. The molecule has 122 valence electrons. The van der Waals surface area contributed by atoms with Crippen LogP contribution >= 0.6 is 0 Å². The van der Waals surface area contributed by atoms with E-state index in [-0.39, 0.29) is 18.6 Å². The summed E-state index contributed by atoms with van der Waals surface area (Å²) in [4.78, 5) is 14.0. The Morgan fingerprint density at radius 2 is 2.14 bits per heavy atom. The normalized spacial score (nSPS) is 18.9. The van der Waals surface area contributed by atoms with Crippen molar-refractivity contribution < 1.29 is 14.6 Å². The van der Waals surface area contributed by atoms with Crippen LogP contribution in [0.4, 0.5) is 0 Å². The molecule has 0 bridgehead atoms. The second-order valence-corrected chi connectivity index (χ2v) is 5.63. The van der Waals surface area contributed by atoms with Gasteiger partial charge < -0.3 is 15.2 Å². The molecule has 2 rings (SSSR count). The van der Waals surface area contributed by atoms with Gasteiger partial charge in [0.25, 0.3) is 0 Å². The van der Waals surface area contributed by atoms with Gasteiger partial charge in [-0.15, -0.1) is 0 Å². The largest absolute Gasteiger partial charge is 0.493 e. The summed E-state index contributed by atoms with van der Waals surface area (Å²) in [5.74, 6) is 0.794. The summed E-state index contributed by atoms with van der Waals surface area (Å²) in [6, 6.07) is 9.76. The van der Waals surface area contributed by atoms with Crippen molar-refractivity contribution in [3.63, 3.8) is 0 Å². The van der Waals surface area contributed by atoms with E-state index in [9.17, 15) is 9.90 Å². The highest BCUT2D eigenvalue weighted by Gasteiger charge is 2.20. The van der Waals surface area contributed by atoms with Gasteiger partial charge in [0.1, 0.15) is 5.75 Å². The summed E-state index contributed by atoms with van der Waals surface area (Å²) < 4.78 is 5.50. The Morgan fingerprint density at radius 1 is 1.32 bits per heavy atom. The maximum Gasteiger partial charge on any atom is 0.223 e. The van der Waals surface area contributed by atoms with E-state index >= 15 is 0 Å². The van der Waals surface area contributed by atoms with Gasteiger partial charge in [0.15, 0.2) is 0 Å². The number of nitrogens with zero attached hydrogens (tertiary/aromatic N) is 1. The van der Waals surface area contributed by atoms with Crippen LogP contribution in [-0.4, -0.2) is 54.8 Å². The van der Waals surface area contributed by atoms with E-state index in [2.05, 4.69) is 10.2 Å². The highest BCUT2D eigenvalue weighted by molar-refractivity contribution is 5.75. The molecule has 0 aromatic heterocycles. The number of amides is 1. The molecule has 1 aromatic carbocycles. The average Bonchev–Trinajstić information content (AvgIpc) is 2.56. The molecule has 0 unspecified atom stereocenters. The second-order valence-electron chi connectivity index (χ2n) is 5.63. The number of likely N-dealkylation sites (tertiary alicyclic amines) is 1. The first-order chi connectivity index (χ1) is 10.8. The molecule has 1 heterocycles. The van der Waals surface area contributed by atoms with Gasteiger partial charge in [0.05, 0.1) is 19.6 Å². The molecule has 1 aliphatic heterocycles. The molecule has 1 amide bonds. The third-order valence-electron chi connectivity index (χ3n) is 4.02. The molecule has 5 nitrogen and oxygen atoms in total. The van der Waals surface area contributed by atoms with Crippen LogP contribution < -0.4 is 10.1 Å². The van der Waals surface area contributed by atoms with Crippen molar-refractivity contribution in [1.29, 1.82) is 0 Å². The number of carbonyl (C=O) groups is 1. The first kappa shape index (κ1) is 16.8. The third-order valence-corrected chi connectivity index (χ3v) is 4.02. The molecular weight excluding hydrogens is 280 g/mol. The number of benzene rings is 1. The van der Waals surface area contributed by atoms with E-state index in [4.69, 9.17) is 4.74 Å². The van der Waals surface area contributed by atoms with Crippen molar-refractivity contribution in [3.8, 4) is 5.75 Å². The second kappa shape index (κ2) is 9.43. The molecule has 1 saturated heterocycles. The molecule has 5 heteroatoms. The maximum absolute atomic E-state index is 11.8. The molecule has 2 N–H and O–H groups in total. The lowest BCUT2D eigenvalue weighted by Crippen LogP contribution is -2.45. The van der Waals surface area contributed by atoms with Gasteiger partial charge >= 0.3 is 0 Å². The van der Waals surface area contributed by atoms with Gasteiger partial charge in [-0.05, 0) is 31.5 Å². The van der Waals surface area contributed by atoms with E-state index < -0.39 is 0 Å². The van der Waals surface area contributed by atoms with E-state index in [1.165, 1.54) is 12.8 Å². The van der Waals surface area contributed by atoms with Crippen molar-refractivity contribution in [2.45, 2.75) is 31.7 Å². The Balaban J connectivity index is 1.57. The first-order valence-electron chi connectivity index (χ1n) is 8.09. The zero-order valence-electron chi connectivity index (χ0n) is 13.0. The zero-order chi connectivity index (χ0) is 15.6. The quantitative estimate of drug-likeness (QED) is 0.762. The maximum atomic E-state index is 11.8. The fraction of sp³-hybridized carbons (Fsp3) is 0.588. The van der Waals surface area contributed by atoms with E-state index in [1.807, 2.05) is 30.3 Å². The van der Waals surface area contributed by atoms with Crippen LogP contribution in [0, 0.1) is 0 Å². The topological polar surface area (TPSA) is 61.8 Å². The van der Waals surface area contributed by atoms with Gasteiger partial charge in [-0.3, -0.25) is 9.69 Å². The van der Waals surface area contributed by atoms with Crippen LogP contribution in [0.25, 0.3) is 0 Å². The number of piperidine rings is 1. The Bertz CT molecular complexity index is 439. The van der Waals surface area contributed by atoms with Gasteiger partial charge in [-0.1, -0.05) is 24.6 Å². The summed E-state index contributed by atoms with van der Waals surface area (Å²) in [5, 5.41) is 12.3. The number of hydrogen-bond donors (Lipinski definition) is 2. The fourth-order valence-electron chi connectivity index (χ4n) is 2.77. The highest BCUT2D eigenvalue weighted by atomic mass is 16.5. The first-order valence-corrected chi connectivity index (χ1v) is 8.09. The fourth-order valence-corrected chi connectivity index (χ4v) is 2.77. The van der Waals surface area contributed by atoms with Crippen molar-refractivity contribution in [2.75, 3.05) is 32.8 Å². The Morgan fingerprint density at radius 3 is 2.91 bits per heavy atom. The predicted molar refractivity (Wildman–Crippen MR) is 85.9 cm³/mol. The lowest BCUT2D eigenvalue weighted by Gasteiger charge is -2.34. The summed E-state index contributed by atoms with van der Waals surface area (Å²) in [6.45, 7) is 3.03. The third kappa shape index (κ3) is 5.66. The Hall–Kier alpha value is -1.59. The number of nitrogens with one attached hydrogen (secondary N) is 1. The van der Waals surface area contributed by atoms with Crippen LogP contribution in [0.1, 0.15) is 25.7 Å². The minimum atomic E-state index is 0.00786. The number of aliphatic hydroxyl groups is 1. The molecule has 0 saturated carbocycles. The Kier molecular flexibility index (Phi) is 7.19. The average molecular weight is 306 g/mol. The van der Waals surface area contributed by atoms with Crippen LogP contribution in [0.3, 0.4) is 0 Å². The van der Waals surface area contributed by atoms with Gasteiger partial charge in [0.2, 0.25) is 5.91 Å². The number of carbonyl (C=O) groups excluding carboxylic acids is 1.